The summed E-state index contributed by atoms with van der Waals surface area (Å²) < 4.78 is 10.9. The third-order valence-corrected chi connectivity index (χ3v) is 4.90. The molecule has 2 aromatic carbocycles. The van der Waals surface area contributed by atoms with Crippen LogP contribution in [0.15, 0.2) is 48.7 Å². The van der Waals surface area contributed by atoms with Gasteiger partial charge in [0.25, 0.3) is 0 Å². The van der Waals surface area contributed by atoms with Crippen molar-refractivity contribution in [2.75, 3.05) is 26.1 Å². The monoisotopic (exact) mass is 399 g/mol. The molecule has 0 bridgehead atoms. The van der Waals surface area contributed by atoms with Crippen LogP contribution in [0.2, 0.25) is 5.02 Å². The Labute approximate surface area is 171 Å². The third kappa shape index (κ3) is 4.66. The first-order chi connectivity index (χ1) is 13.4. The number of nitrogens with zero attached hydrogens (tertiary/aromatic N) is 1. The predicted molar refractivity (Wildman–Crippen MR) is 116 cm³/mol. The predicted octanol–water partition coefficient (Wildman–Crippen LogP) is 4.89. The van der Waals surface area contributed by atoms with Crippen LogP contribution >= 0.6 is 11.6 Å². The van der Waals surface area contributed by atoms with E-state index < -0.39 is 0 Å². The first kappa shape index (κ1) is 20.2. The summed E-state index contributed by atoms with van der Waals surface area (Å²) in [5.41, 5.74) is 2.81. The molecule has 5 nitrogen and oxygen atoms in total. The van der Waals surface area contributed by atoms with Crippen molar-refractivity contribution in [2.24, 2.45) is 0 Å². The Bertz CT molecular complexity index is 960. The third-order valence-electron chi connectivity index (χ3n) is 4.67. The van der Waals surface area contributed by atoms with Crippen molar-refractivity contribution in [2.45, 2.75) is 25.9 Å². The number of ether oxygens (including phenoxy) is 2. The zero-order valence-electron chi connectivity index (χ0n) is 16.7. The molecule has 0 saturated carbocycles. The Morgan fingerprint density at radius 1 is 1.07 bits per heavy atom. The molecule has 0 unspecified atom stereocenters. The van der Waals surface area contributed by atoms with E-state index in [0.29, 0.717) is 11.6 Å². The molecule has 148 valence electrons. The molecule has 0 aliphatic rings. The minimum Gasteiger partial charge on any atom is -0.493 e. The number of nitrogens with one attached hydrogen (secondary N) is 2. The Morgan fingerprint density at radius 3 is 2.64 bits per heavy atom. The van der Waals surface area contributed by atoms with Crippen LogP contribution in [0.25, 0.3) is 10.9 Å². The number of methoxy groups -OCH3 is 2. The Balaban J connectivity index is 1.68. The second kappa shape index (κ2) is 8.67. The van der Waals surface area contributed by atoms with Crippen molar-refractivity contribution >= 4 is 28.2 Å². The number of hydrogen-bond donors (Lipinski definition) is 2. The van der Waals surface area contributed by atoms with Crippen LogP contribution in [0.1, 0.15) is 19.4 Å². The Kier molecular flexibility index (Phi) is 6.27. The first-order valence-electron chi connectivity index (χ1n) is 9.16. The zero-order chi connectivity index (χ0) is 20.1. The van der Waals surface area contributed by atoms with E-state index in [4.69, 9.17) is 21.1 Å². The van der Waals surface area contributed by atoms with Crippen molar-refractivity contribution in [1.29, 1.82) is 0 Å². The van der Waals surface area contributed by atoms with Gasteiger partial charge in [0.15, 0.2) is 11.5 Å². The maximum absolute atomic E-state index is 6.08. The van der Waals surface area contributed by atoms with Gasteiger partial charge in [-0.15, -0.1) is 0 Å². The highest BCUT2D eigenvalue weighted by molar-refractivity contribution is 6.31. The second-order valence-electron chi connectivity index (χ2n) is 7.26. The van der Waals surface area contributed by atoms with E-state index >= 15 is 0 Å². The van der Waals surface area contributed by atoms with Gasteiger partial charge in [-0.3, -0.25) is 4.98 Å². The number of benzene rings is 2. The van der Waals surface area contributed by atoms with Gasteiger partial charge in [-0.05, 0) is 44.2 Å². The van der Waals surface area contributed by atoms with E-state index in [9.17, 15) is 0 Å². The number of rotatable bonds is 8. The standard InChI is InChI=1S/C22H26ClN3O2/c1-22(2,26-13-15-6-5-7-20(27-3)21(15)28-4)14-25-18-10-11-24-19-12-16(23)8-9-17(18)19/h5-12,26H,13-14H2,1-4H3,(H,24,25). The Morgan fingerprint density at radius 2 is 1.89 bits per heavy atom. The van der Waals surface area contributed by atoms with Gasteiger partial charge < -0.3 is 20.1 Å². The van der Waals surface area contributed by atoms with Gasteiger partial charge >= 0.3 is 0 Å². The fourth-order valence-electron chi connectivity index (χ4n) is 3.08. The van der Waals surface area contributed by atoms with E-state index in [0.717, 1.165) is 40.2 Å². The molecule has 0 aliphatic carbocycles. The van der Waals surface area contributed by atoms with Gasteiger partial charge in [0.2, 0.25) is 0 Å². The van der Waals surface area contributed by atoms with Crippen LogP contribution in [0.3, 0.4) is 0 Å². The maximum atomic E-state index is 6.08. The van der Waals surface area contributed by atoms with Gasteiger partial charge in [0, 0.05) is 46.5 Å². The van der Waals surface area contributed by atoms with Gasteiger partial charge in [0.05, 0.1) is 19.7 Å². The molecule has 0 saturated heterocycles. The van der Waals surface area contributed by atoms with E-state index in [1.807, 2.05) is 42.5 Å². The molecule has 0 radical (unpaired) electrons. The smallest absolute Gasteiger partial charge is 0.165 e. The summed E-state index contributed by atoms with van der Waals surface area (Å²) in [6, 6.07) is 13.6. The fourth-order valence-corrected chi connectivity index (χ4v) is 3.25. The molecule has 0 spiro atoms. The topological polar surface area (TPSA) is 55.4 Å². The molecule has 2 N–H and O–H groups in total. The van der Waals surface area contributed by atoms with E-state index in [2.05, 4.69) is 29.5 Å². The van der Waals surface area contributed by atoms with Crippen LogP contribution in [-0.2, 0) is 6.54 Å². The van der Waals surface area contributed by atoms with E-state index in [1.165, 1.54) is 0 Å². The molecule has 3 rings (SSSR count). The van der Waals surface area contributed by atoms with Crippen molar-refractivity contribution in [3.63, 3.8) is 0 Å². The molecule has 1 heterocycles. The first-order valence-corrected chi connectivity index (χ1v) is 9.54. The number of pyridine rings is 1. The summed E-state index contributed by atoms with van der Waals surface area (Å²) in [4.78, 5) is 4.39. The lowest BCUT2D eigenvalue weighted by Gasteiger charge is -2.28. The summed E-state index contributed by atoms with van der Waals surface area (Å²) in [6.45, 7) is 5.72. The fraction of sp³-hybridized carbons (Fsp3) is 0.318. The largest absolute Gasteiger partial charge is 0.493 e. The number of para-hydroxylation sites is 1. The molecule has 0 fully saturated rings. The van der Waals surface area contributed by atoms with Gasteiger partial charge in [0.1, 0.15) is 0 Å². The molecule has 0 amide bonds. The number of aromatic nitrogens is 1. The molecule has 28 heavy (non-hydrogen) atoms. The summed E-state index contributed by atoms with van der Waals surface area (Å²) >= 11 is 6.08. The normalized spacial score (nSPS) is 11.5. The lowest BCUT2D eigenvalue weighted by Crippen LogP contribution is -2.44. The van der Waals surface area contributed by atoms with Crippen LogP contribution in [0.5, 0.6) is 11.5 Å². The average molecular weight is 400 g/mol. The summed E-state index contributed by atoms with van der Waals surface area (Å²) in [6.07, 6.45) is 1.79. The van der Waals surface area contributed by atoms with Crippen LogP contribution in [0.4, 0.5) is 5.69 Å². The molecule has 1 aromatic heterocycles. The highest BCUT2D eigenvalue weighted by Crippen LogP contribution is 2.31. The van der Waals surface area contributed by atoms with Gasteiger partial charge in [-0.25, -0.2) is 0 Å². The summed E-state index contributed by atoms with van der Waals surface area (Å²) in [5, 5.41) is 8.87. The number of halogens is 1. The van der Waals surface area contributed by atoms with Crippen molar-refractivity contribution < 1.29 is 9.47 Å². The maximum Gasteiger partial charge on any atom is 0.165 e. The quantitative estimate of drug-likeness (QED) is 0.565. The molecular formula is C22H26ClN3O2. The SMILES string of the molecule is COc1cccc(CNC(C)(C)CNc2ccnc3cc(Cl)ccc23)c1OC. The molecule has 3 aromatic rings. The molecule has 0 atom stereocenters. The Hall–Kier alpha value is -2.50. The highest BCUT2D eigenvalue weighted by Gasteiger charge is 2.19. The molecule has 0 aliphatic heterocycles. The van der Waals surface area contributed by atoms with Crippen LogP contribution in [-0.4, -0.2) is 31.3 Å². The van der Waals surface area contributed by atoms with E-state index in [1.54, 1.807) is 20.4 Å². The summed E-state index contributed by atoms with van der Waals surface area (Å²) in [7, 11) is 3.31. The van der Waals surface area contributed by atoms with Gasteiger partial charge in [-0.2, -0.15) is 0 Å². The van der Waals surface area contributed by atoms with E-state index in [-0.39, 0.29) is 5.54 Å². The zero-order valence-corrected chi connectivity index (χ0v) is 17.4. The minimum atomic E-state index is -0.157. The number of anilines is 1. The van der Waals surface area contributed by atoms with Crippen LogP contribution in [0, 0.1) is 0 Å². The lowest BCUT2D eigenvalue weighted by molar-refractivity contribution is 0.345. The average Bonchev–Trinajstić information content (AvgIpc) is 2.70. The number of hydrogen-bond acceptors (Lipinski definition) is 5. The van der Waals surface area contributed by atoms with Gasteiger partial charge in [-0.1, -0.05) is 23.7 Å². The summed E-state index contributed by atoms with van der Waals surface area (Å²) in [5.74, 6) is 1.50. The minimum absolute atomic E-state index is 0.157. The second-order valence-corrected chi connectivity index (χ2v) is 7.70. The van der Waals surface area contributed by atoms with Crippen molar-refractivity contribution in [1.82, 2.24) is 10.3 Å². The molecular weight excluding hydrogens is 374 g/mol. The lowest BCUT2D eigenvalue weighted by atomic mass is 10.0. The number of fused-ring (bicyclic) bond motifs is 1. The molecule has 6 heteroatoms. The highest BCUT2D eigenvalue weighted by atomic mass is 35.5. The van der Waals surface area contributed by atoms with Crippen molar-refractivity contribution in [3.8, 4) is 11.5 Å². The van der Waals surface area contributed by atoms with Crippen molar-refractivity contribution in [3.05, 3.63) is 59.2 Å². The van der Waals surface area contributed by atoms with Crippen LogP contribution < -0.4 is 20.1 Å².